The fourth-order valence-corrected chi connectivity index (χ4v) is 4.40. The summed E-state index contributed by atoms with van der Waals surface area (Å²) in [5.74, 6) is -0.647. The van der Waals surface area contributed by atoms with Gasteiger partial charge in [0.2, 0.25) is 5.43 Å². The van der Waals surface area contributed by atoms with Gasteiger partial charge in [-0.15, -0.1) is 0 Å². The van der Waals surface area contributed by atoms with Crippen molar-refractivity contribution in [1.29, 1.82) is 0 Å². The van der Waals surface area contributed by atoms with Crippen LogP contribution in [0.15, 0.2) is 39.5 Å². The van der Waals surface area contributed by atoms with E-state index in [9.17, 15) is 24.6 Å². The lowest BCUT2D eigenvalue weighted by atomic mass is 9.88. The molecule has 2 aromatic carbocycles. The number of aliphatic hydroxyl groups excluding tert-OH is 1. The molecule has 0 atom stereocenters. The lowest BCUT2D eigenvalue weighted by molar-refractivity contribution is 0.0987. The number of methoxy groups -OCH3 is 1. The number of ketones is 1. The van der Waals surface area contributed by atoms with Gasteiger partial charge < -0.3 is 19.4 Å². The van der Waals surface area contributed by atoms with E-state index < -0.39 is 17.8 Å². The molecule has 0 unspecified atom stereocenters. The molecule has 0 bridgehead atoms. The number of rotatable bonds is 6. The summed E-state index contributed by atoms with van der Waals surface area (Å²) >= 11 is 12.7. The largest absolute Gasteiger partial charge is 0.506 e. The Morgan fingerprint density at radius 3 is 2.50 bits per heavy atom. The highest BCUT2D eigenvalue weighted by atomic mass is 35.5. The molecular weight excluding hydrogens is 483 g/mol. The van der Waals surface area contributed by atoms with Crippen molar-refractivity contribution in [3.8, 4) is 33.9 Å². The van der Waals surface area contributed by atoms with Crippen LogP contribution in [0.1, 0.15) is 39.6 Å². The van der Waals surface area contributed by atoms with Gasteiger partial charge in [-0.3, -0.25) is 14.4 Å². The highest BCUT2D eigenvalue weighted by Crippen LogP contribution is 2.48. The lowest BCUT2D eigenvalue weighted by Gasteiger charge is -2.20. The summed E-state index contributed by atoms with van der Waals surface area (Å²) in [5, 5.41) is 20.0. The molecule has 0 spiro atoms. The molecule has 4 rings (SSSR count). The quantitative estimate of drug-likeness (QED) is 0.204. The van der Waals surface area contributed by atoms with E-state index in [1.807, 2.05) is 0 Å². The van der Waals surface area contributed by atoms with Crippen LogP contribution < -0.4 is 10.2 Å². The number of aliphatic hydroxyl groups is 1. The fraction of sp³-hybridized carbons (Fsp3) is 0.160. The molecule has 174 valence electrons. The Kier molecular flexibility index (Phi) is 6.36. The molecule has 7 nitrogen and oxygen atoms in total. The molecule has 0 saturated carbocycles. The first-order valence-corrected chi connectivity index (χ1v) is 10.9. The summed E-state index contributed by atoms with van der Waals surface area (Å²) in [6.07, 6.45) is 0.881. The number of fused-ring (bicyclic) bond motifs is 2. The smallest absolute Gasteiger partial charge is 0.242 e. The molecule has 1 heterocycles. The average Bonchev–Trinajstić information content (AvgIpc) is 2.86. The first-order chi connectivity index (χ1) is 16.3. The Morgan fingerprint density at radius 2 is 1.88 bits per heavy atom. The van der Waals surface area contributed by atoms with Crippen molar-refractivity contribution in [2.45, 2.75) is 20.0 Å². The average molecular weight is 501 g/mol. The molecule has 0 saturated heterocycles. The third kappa shape index (κ3) is 3.62. The van der Waals surface area contributed by atoms with Crippen LogP contribution in [0.25, 0.3) is 33.4 Å². The van der Waals surface area contributed by atoms with E-state index in [1.54, 1.807) is 19.1 Å². The van der Waals surface area contributed by atoms with Crippen LogP contribution in [0.5, 0.6) is 11.5 Å². The maximum atomic E-state index is 12.6. The van der Waals surface area contributed by atoms with Gasteiger partial charge in [0.25, 0.3) is 0 Å². The SMILES string of the molecule is CCC(=O)c1ccc(C=O)c(-c2c3cc(OC)c(=O)c(Cl)c-3oc3c(Cl)c(O)c(CO)cc23)c1. The van der Waals surface area contributed by atoms with E-state index in [1.165, 1.54) is 25.3 Å². The molecule has 0 radical (unpaired) electrons. The first kappa shape index (κ1) is 23.8. The second kappa shape index (κ2) is 9.10. The molecule has 9 heteroatoms. The molecule has 2 N–H and O–H groups in total. The minimum absolute atomic E-state index is 0.0191. The van der Waals surface area contributed by atoms with Crippen molar-refractivity contribution in [3.05, 3.63) is 67.3 Å². The predicted molar refractivity (Wildman–Crippen MR) is 129 cm³/mol. The third-order valence-corrected chi connectivity index (χ3v) is 6.34. The number of aromatic hydroxyl groups is 1. The fourth-order valence-electron chi connectivity index (χ4n) is 3.90. The van der Waals surface area contributed by atoms with E-state index in [2.05, 4.69) is 0 Å². The third-order valence-electron chi connectivity index (χ3n) is 5.64. The second-order valence-electron chi connectivity index (χ2n) is 7.51. The van der Waals surface area contributed by atoms with Gasteiger partial charge in [0.1, 0.15) is 15.8 Å². The molecular formula is C25H18Cl2O7. The van der Waals surface area contributed by atoms with Gasteiger partial charge in [-0.25, -0.2) is 0 Å². The number of benzene rings is 3. The van der Waals surface area contributed by atoms with Crippen LogP contribution in [0, 0.1) is 0 Å². The van der Waals surface area contributed by atoms with Crippen molar-refractivity contribution in [3.63, 3.8) is 0 Å². The Hall–Kier alpha value is -3.39. The van der Waals surface area contributed by atoms with E-state index in [4.69, 9.17) is 32.4 Å². The number of aldehydes is 1. The lowest BCUT2D eigenvalue weighted by Crippen LogP contribution is -2.09. The van der Waals surface area contributed by atoms with Gasteiger partial charge >= 0.3 is 0 Å². The van der Waals surface area contributed by atoms with Crippen molar-refractivity contribution in [2.75, 3.05) is 7.11 Å². The van der Waals surface area contributed by atoms with Crippen molar-refractivity contribution in [1.82, 2.24) is 0 Å². The summed E-state index contributed by atoms with van der Waals surface area (Å²) in [5.41, 5.74) is 1.11. The molecule has 2 aliphatic rings. The van der Waals surface area contributed by atoms with Gasteiger partial charge in [0.15, 0.2) is 29.2 Å². The number of halogens is 2. The number of ether oxygens (including phenoxy) is 1. The molecule has 1 aliphatic heterocycles. The monoisotopic (exact) mass is 500 g/mol. The number of hydrogen-bond acceptors (Lipinski definition) is 7. The van der Waals surface area contributed by atoms with E-state index in [0.29, 0.717) is 33.9 Å². The Labute approximate surface area is 203 Å². The highest BCUT2D eigenvalue weighted by molar-refractivity contribution is 6.37. The topological polar surface area (TPSA) is 114 Å². The summed E-state index contributed by atoms with van der Waals surface area (Å²) in [6, 6.07) is 7.52. The standard InChI is InChI=1S/C25H18Cl2O7/c1-3-17(30)11-4-5-12(9-28)14(6-11)19-15-7-13(10-29)22(31)20(26)24(15)34-25-16(19)8-18(33-2)23(32)21(25)27/h4-9,29,31H,3,10H2,1-2H3. The van der Waals surface area contributed by atoms with E-state index in [-0.39, 0.29) is 50.5 Å². The van der Waals surface area contributed by atoms with Crippen LogP contribution >= 0.6 is 23.2 Å². The number of carbonyl (C=O) groups excluding carboxylic acids is 2. The molecule has 2 aromatic rings. The minimum Gasteiger partial charge on any atom is -0.506 e. The summed E-state index contributed by atoms with van der Waals surface area (Å²) in [7, 11) is 1.31. The zero-order valence-corrected chi connectivity index (χ0v) is 19.6. The second-order valence-corrected chi connectivity index (χ2v) is 8.26. The van der Waals surface area contributed by atoms with Gasteiger partial charge in [-0.1, -0.05) is 42.3 Å². The molecule has 0 amide bonds. The zero-order valence-electron chi connectivity index (χ0n) is 18.1. The van der Waals surface area contributed by atoms with Gasteiger partial charge in [-0.2, -0.15) is 0 Å². The van der Waals surface area contributed by atoms with Crippen molar-refractivity contribution >= 4 is 46.2 Å². The van der Waals surface area contributed by atoms with Crippen LogP contribution in [0.2, 0.25) is 10.0 Å². The van der Waals surface area contributed by atoms with Crippen molar-refractivity contribution < 1.29 is 29.0 Å². The number of carbonyl (C=O) groups is 2. The first-order valence-electron chi connectivity index (χ1n) is 10.2. The number of phenols is 1. The maximum Gasteiger partial charge on any atom is 0.242 e. The summed E-state index contributed by atoms with van der Waals surface area (Å²) < 4.78 is 11.1. The van der Waals surface area contributed by atoms with E-state index in [0.717, 1.165) is 0 Å². The number of Topliss-reactive ketones (excluding diaryl/α,β-unsaturated/α-hetero) is 1. The highest BCUT2D eigenvalue weighted by Gasteiger charge is 2.28. The Balaban J connectivity index is 2.31. The van der Waals surface area contributed by atoms with Gasteiger partial charge in [0, 0.05) is 39.6 Å². The van der Waals surface area contributed by atoms with Crippen LogP contribution in [-0.4, -0.2) is 29.4 Å². The minimum atomic E-state index is -0.622. The predicted octanol–water partition coefficient (Wildman–Crippen LogP) is 5.48. The molecule has 34 heavy (non-hydrogen) atoms. The van der Waals surface area contributed by atoms with Crippen LogP contribution in [-0.2, 0) is 6.61 Å². The molecule has 0 aromatic heterocycles. The molecule has 0 fully saturated rings. The van der Waals surface area contributed by atoms with Crippen LogP contribution in [0.3, 0.4) is 0 Å². The van der Waals surface area contributed by atoms with Gasteiger partial charge in [0.05, 0.1) is 13.7 Å². The van der Waals surface area contributed by atoms with Gasteiger partial charge in [-0.05, 0) is 23.8 Å². The maximum absolute atomic E-state index is 12.6. The van der Waals surface area contributed by atoms with E-state index >= 15 is 0 Å². The number of hydrogen-bond donors (Lipinski definition) is 2. The molecule has 1 aliphatic carbocycles. The zero-order chi connectivity index (χ0) is 24.7. The Bertz CT molecular complexity index is 1500. The summed E-state index contributed by atoms with van der Waals surface area (Å²) in [6.45, 7) is 1.19. The normalized spacial score (nSPS) is 11.2. The Morgan fingerprint density at radius 1 is 1.15 bits per heavy atom. The van der Waals surface area contributed by atoms with Crippen LogP contribution in [0.4, 0.5) is 0 Å². The summed E-state index contributed by atoms with van der Waals surface area (Å²) in [4.78, 5) is 37.1. The van der Waals surface area contributed by atoms with Crippen molar-refractivity contribution in [2.24, 2.45) is 0 Å².